The highest BCUT2D eigenvalue weighted by molar-refractivity contribution is 5.98. The molecule has 1 amide bonds. The predicted molar refractivity (Wildman–Crippen MR) is 70.8 cm³/mol. The molecule has 0 saturated carbocycles. The second kappa shape index (κ2) is 4.98. The van der Waals surface area contributed by atoms with Gasteiger partial charge in [-0.3, -0.25) is 9.78 Å². The van der Waals surface area contributed by atoms with Gasteiger partial charge in [-0.15, -0.1) is 0 Å². The third-order valence-corrected chi connectivity index (χ3v) is 2.78. The second-order valence-electron chi connectivity index (χ2n) is 4.26. The van der Waals surface area contributed by atoms with Gasteiger partial charge in [-0.25, -0.2) is 0 Å². The molecule has 0 aliphatic carbocycles. The zero-order chi connectivity index (χ0) is 13.0. The molecule has 0 radical (unpaired) electrons. The van der Waals surface area contributed by atoms with Crippen molar-refractivity contribution in [3.8, 4) is 0 Å². The number of amides is 1. The number of hydrogen-bond donors (Lipinski definition) is 2. The minimum Gasteiger partial charge on any atom is -0.324 e. The summed E-state index contributed by atoms with van der Waals surface area (Å²) in [6.45, 7) is 1.69. The smallest absolute Gasteiger partial charge is 0.248 e. The van der Waals surface area contributed by atoms with E-state index in [0.29, 0.717) is 5.69 Å². The molecule has 2 rings (SSSR count). The van der Waals surface area contributed by atoms with E-state index in [1.165, 1.54) is 0 Å². The molecular weight excluding hydrogens is 226 g/mol. The van der Waals surface area contributed by atoms with Gasteiger partial charge < -0.3 is 11.1 Å². The van der Waals surface area contributed by atoms with Gasteiger partial charge in [-0.2, -0.15) is 0 Å². The lowest BCUT2D eigenvalue weighted by atomic mass is 9.92. The van der Waals surface area contributed by atoms with Crippen LogP contribution in [0.15, 0.2) is 54.9 Å². The minimum atomic E-state index is -1.06. The van der Waals surface area contributed by atoms with E-state index in [1.54, 1.807) is 31.5 Å². The Morgan fingerprint density at radius 3 is 2.39 bits per heavy atom. The molecule has 0 saturated heterocycles. The third kappa shape index (κ3) is 2.55. The Hall–Kier alpha value is -2.20. The molecule has 1 heterocycles. The first kappa shape index (κ1) is 12.3. The number of rotatable bonds is 3. The molecule has 0 aliphatic heterocycles. The molecule has 1 unspecified atom stereocenters. The van der Waals surface area contributed by atoms with Crippen molar-refractivity contribution in [1.29, 1.82) is 0 Å². The molecule has 2 aromatic rings. The summed E-state index contributed by atoms with van der Waals surface area (Å²) in [6, 6.07) is 12.7. The van der Waals surface area contributed by atoms with Gasteiger partial charge in [0, 0.05) is 18.1 Å². The average molecular weight is 241 g/mol. The molecule has 1 aromatic heterocycles. The highest BCUT2D eigenvalue weighted by atomic mass is 16.2. The average Bonchev–Trinajstić information content (AvgIpc) is 2.41. The van der Waals surface area contributed by atoms with Gasteiger partial charge in [0.25, 0.3) is 0 Å². The lowest BCUT2D eigenvalue weighted by Crippen LogP contribution is -2.45. The number of benzene rings is 1. The molecule has 0 spiro atoms. The summed E-state index contributed by atoms with van der Waals surface area (Å²) in [5.41, 5.74) is 6.49. The Bertz CT molecular complexity index is 523. The minimum absolute atomic E-state index is 0.250. The summed E-state index contributed by atoms with van der Waals surface area (Å²) >= 11 is 0. The van der Waals surface area contributed by atoms with Gasteiger partial charge in [-0.05, 0) is 24.6 Å². The number of aromatic nitrogens is 1. The van der Waals surface area contributed by atoms with Crippen LogP contribution in [0.25, 0.3) is 0 Å². The first-order valence-corrected chi connectivity index (χ1v) is 5.66. The van der Waals surface area contributed by atoms with Crippen molar-refractivity contribution >= 4 is 11.6 Å². The molecule has 1 atom stereocenters. The Kier molecular flexibility index (Phi) is 3.39. The summed E-state index contributed by atoms with van der Waals surface area (Å²) in [6.07, 6.45) is 3.23. The molecule has 0 fully saturated rings. The fourth-order valence-electron chi connectivity index (χ4n) is 1.61. The monoisotopic (exact) mass is 241 g/mol. The van der Waals surface area contributed by atoms with Gasteiger partial charge in [0.2, 0.25) is 5.91 Å². The fourth-order valence-corrected chi connectivity index (χ4v) is 1.61. The number of pyridine rings is 1. The number of hydrogen-bond acceptors (Lipinski definition) is 3. The second-order valence-corrected chi connectivity index (χ2v) is 4.26. The van der Waals surface area contributed by atoms with Crippen LogP contribution >= 0.6 is 0 Å². The van der Waals surface area contributed by atoms with Gasteiger partial charge in [0.05, 0.1) is 0 Å². The fraction of sp³-hybridized carbons (Fsp3) is 0.143. The molecule has 3 N–H and O–H groups in total. The van der Waals surface area contributed by atoms with Crippen LogP contribution in [0.1, 0.15) is 12.5 Å². The van der Waals surface area contributed by atoms with Crippen molar-refractivity contribution in [3.63, 3.8) is 0 Å². The van der Waals surface area contributed by atoms with Gasteiger partial charge in [-0.1, -0.05) is 30.3 Å². The van der Waals surface area contributed by atoms with Gasteiger partial charge in [0.15, 0.2) is 0 Å². The number of carbonyl (C=O) groups is 1. The van der Waals surface area contributed by atoms with Gasteiger partial charge >= 0.3 is 0 Å². The lowest BCUT2D eigenvalue weighted by Gasteiger charge is -2.24. The number of nitrogens with two attached hydrogens (primary N) is 1. The zero-order valence-electron chi connectivity index (χ0n) is 10.1. The molecule has 92 valence electrons. The maximum absolute atomic E-state index is 12.2. The van der Waals surface area contributed by atoms with Crippen molar-refractivity contribution in [3.05, 3.63) is 60.4 Å². The molecular formula is C14H15N3O. The summed E-state index contributed by atoms with van der Waals surface area (Å²) in [4.78, 5) is 16.1. The number of nitrogens with zero attached hydrogens (tertiary/aromatic N) is 1. The highest BCUT2D eigenvalue weighted by Crippen LogP contribution is 2.19. The molecule has 4 heteroatoms. The van der Waals surface area contributed by atoms with E-state index in [-0.39, 0.29) is 5.91 Å². The van der Waals surface area contributed by atoms with E-state index in [2.05, 4.69) is 10.3 Å². The number of carbonyl (C=O) groups excluding carboxylic acids is 1. The predicted octanol–water partition coefficient (Wildman–Crippen LogP) is 1.89. The van der Waals surface area contributed by atoms with Crippen molar-refractivity contribution < 1.29 is 4.79 Å². The standard InChI is InChI=1S/C14H15N3O/c1-14(15,11-5-3-2-4-6-11)13(18)17-12-7-9-16-10-8-12/h2-10H,15H2,1H3,(H,16,17,18). The van der Waals surface area contributed by atoms with Crippen LogP contribution in [-0.2, 0) is 10.3 Å². The first-order valence-electron chi connectivity index (χ1n) is 5.66. The summed E-state index contributed by atoms with van der Waals surface area (Å²) in [7, 11) is 0. The largest absolute Gasteiger partial charge is 0.324 e. The van der Waals surface area contributed by atoms with Crippen LogP contribution in [0.4, 0.5) is 5.69 Å². The maximum atomic E-state index is 12.2. The third-order valence-electron chi connectivity index (χ3n) is 2.78. The zero-order valence-corrected chi connectivity index (χ0v) is 10.1. The molecule has 0 bridgehead atoms. The van der Waals surface area contributed by atoms with Crippen LogP contribution in [0, 0.1) is 0 Å². The van der Waals surface area contributed by atoms with Crippen LogP contribution in [0.5, 0.6) is 0 Å². The first-order chi connectivity index (χ1) is 8.60. The normalized spacial score (nSPS) is 13.7. The van der Waals surface area contributed by atoms with E-state index in [1.807, 2.05) is 30.3 Å². The maximum Gasteiger partial charge on any atom is 0.248 e. The number of anilines is 1. The van der Waals surface area contributed by atoms with Crippen LogP contribution in [0.2, 0.25) is 0 Å². The topological polar surface area (TPSA) is 68.0 Å². The Morgan fingerprint density at radius 1 is 1.17 bits per heavy atom. The van der Waals surface area contributed by atoms with Crippen molar-refractivity contribution in [1.82, 2.24) is 4.98 Å². The Morgan fingerprint density at radius 2 is 1.78 bits per heavy atom. The molecule has 0 aliphatic rings. The van der Waals surface area contributed by atoms with E-state index in [9.17, 15) is 4.79 Å². The van der Waals surface area contributed by atoms with Crippen molar-refractivity contribution in [2.75, 3.05) is 5.32 Å². The van der Waals surface area contributed by atoms with E-state index >= 15 is 0 Å². The van der Waals surface area contributed by atoms with Crippen LogP contribution in [-0.4, -0.2) is 10.9 Å². The molecule has 1 aromatic carbocycles. The summed E-state index contributed by atoms with van der Waals surface area (Å²) in [5, 5.41) is 2.78. The number of nitrogens with one attached hydrogen (secondary N) is 1. The van der Waals surface area contributed by atoms with Gasteiger partial charge in [0.1, 0.15) is 5.54 Å². The highest BCUT2D eigenvalue weighted by Gasteiger charge is 2.30. The summed E-state index contributed by atoms with van der Waals surface area (Å²) < 4.78 is 0. The Labute approximate surface area is 106 Å². The van der Waals surface area contributed by atoms with Crippen LogP contribution < -0.4 is 11.1 Å². The lowest BCUT2D eigenvalue weighted by molar-refractivity contribution is -0.120. The van der Waals surface area contributed by atoms with E-state index in [0.717, 1.165) is 5.56 Å². The van der Waals surface area contributed by atoms with Crippen molar-refractivity contribution in [2.24, 2.45) is 5.73 Å². The molecule has 18 heavy (non-hydrogen) atoms. The van der Waals surface area contributed by atoms with E-state index in [4.69, 9.17) is 5.73 Å². The van der Waals surface area contributed by atoms with Crippen molar-refractivity contribution in [2.45, 2.75) is 12.5 Å². The quantitative estimate of drug-likeness (QED) is 0.862. The Balaban J connectivity index is 2.18. The van der Waals surface area contributed by atoms with E-state index < -0.39 is 5.54 Å². The van der Waals surface area contributed by atoms with Crippen LogP contribution in [0.3, 0.4) is 0 Å². The molecule has 4 nitrogen and oxygen atoms in total. The summed E-state index contributed by atoms with van der Waals surface area (Å²) in [5.74, 6) is -0.250. The SMILES string of the molecule is CC(N)(C(=O)Nc1ccncc1)c1ccccc1.